The molecule has 3 N–H and O–H groups in total. The Kier molecular flexibility index (Phi) is 4.60. The molecule has 0 aliphatic rings. The molecule has 0 radical (unpaired) electrons. The molecule has 0 aliphatic heterocycles. The molecule has 2 rings (SSSR count). The topological polar surface area (TPSA) is 103 Å². The maximum Gasteiger partial charge on any atom is 0.363 e. The molecule has 0 bridgehead atoms. The smallest absolute Gasteiger partial charge is 0.363 e. The molecule has 0 fully saturated rings. The van der Waals surface area contributed by atoms with Gasteiger partial charge in [-0.3, -0.25) is 5.43 Å². The molecule has 0 atom stereocenters. The van der Waals surface area contributed by atoms with E-state index >= 15 is 0 Å². The van der Waals surface area contributed by atoms with Crippen molar-refractivity contribution in [2.45, 2.75) is 26.2 Å². The number of hydrogen-bond acceptors (Lipinski definition) is 6. The minimum atomic E-state index is -0.559. The molecule has 0 saturated carbocycles. The van der Waals surface area contributed by atoms with Gasteiger partial charge in [-0.1, -0.05) is 36.7 Å². The molecule has 1 heterocycles. The zero-order valence-electron chi connectivity index (χ0n) is 12.4. The summed E-state index contributed by atoms with van der Waals surface area (Å²) in [6.45, 7) is 5.85. The maximum absolute atomic E-state index is 11.3. The van der Waals surface area contributed by atoms with Crippen molar-refractivity contribution in [1.29, 1.82) is 0 Å². The number of aromatic nitrogens is 3. The normalized spacial score (nSPS) is 11.8. The predicted molar refractivity (Wildman–Crippen MR) is 88.4 cm³/mol. The van der Waals surface area contributed by atoms with Crippen molar-refractivity contribution in [3.63, 3.8) is 0 Å². The van der Waals surface area contributed by atoms with Crippen LogP contribution in [0.2, 0.25) is 0 Å². The van der Waals surface area contributed by atoms with Gasteiger partial charge in [0, 0.05) is 15.5 Å². The van der Waals surface area contributed by atoms with Gasteiger partial charge in [-0.05, 0) is 18.2 Å². The number of benzene rings is 1. The number of rotatable bonds is 3. The second-order valence-electron chi connectivity index (χ2n) is 5.66. The van der Waals surface area contributed by atoms with E-state index in [1.165, 1.54) is 6.21 Å². The fourth-order valence-corrected chi connectivity index (χ4v) is 2.11. The lowest BCUT2D eigenvalue weighted by Gasteiger charge is -2.18. The van der Waals surface area contributed by atoms with Gasteiger partial charge >= 0.3 is 5.69 Å². The van der Waals surface area contributed by atoms with Crippen LogP contribution in [-0.2, 0) is 5.41 Å². The Morgan fingerprint density at radius 1 is 1.41 bits per heavy atom. The average molecular weight is 366 g/mol. The number of aromatic hydroxyl groups is 1. The number of anilines is 1. The van der Waals surface area contributed by atoms with E-state index in [0.29, 0.717) is 11.3 Å². The first kappa shape index (κ1) is 16.2. The van der Waals surface area contributed by atoms with E-state index in [1.807, 2.05) is 20.8 Å². The van der Waals surface area contributed by atoms with Gasteiger partial charge < -0.3 is 5.11 Å². The summed E-state index contributed by atoms with van der Waals surface area (Å²) < 4.78 is 0.818. The zero-order valence-corrected chi connectivity index (χ0v) is 14.0. The summed E-state index contributed by atoms with van der Waals surface area (Å²) in [4.78, 5) is 15.2. The first-order valence-corrected chi connectivity index (χ1v) is 7.31. The molecule has 0 spiro atoms. The van der Waals surface area contributed by atoms with Gasteiger partial charge in [0.2, 0.25) is 0 Å². The lowest BCUT2D eigenvalue weighted by Crippen LogP contribution is -2.24. The van der Waals surface area contributed by atoms with Crippen LogP contribution < -0.4 is 11.1 Å². The monoisotopic (exact) mass is 365 g/mol. The van der Waals surface area contributed by atoms with E-state index in [4.69, 9.17) is 0 Å². The first-order chi connectivity index (χ1) is 10.3. The standard InChI is InChI=1S/C14H16BrN5O2/c1-14(2,3)11-12(17-13(22)20-18-11)19-16-7-8-6-9(15)4-5-10(8)21/h4-7,21H,1-3H3,(H2,17,19,20,22)/b16-7+. The summed E-state index contributed by atoms with van der Waals surface area (Å²) in [5, 5.41) is 20.1. The molecular weight excluding hydrogens is 350 g/mol. The minimum absolute atomic E-state index is 0.0989. The number of hydrazone groups is 1. The lowest BCUT2D eigenvalue weighted by atomic mass is 9.92. The Hall–Kier alpha value is -2.22. The fraction of sp³-hybridized carbons (Fsp3) is 0.286. The van der Waals surface area contributed by atoms with Gasteiger partial charge in [-0.2, -0.15) is 15.2 Å². The molecule has 1 aromatic carbocycles. The Bertz CT molecular complexity index is 765. The molecule has 7 nitrogen and oxygen atoms in total. The second kappa shape index (κ2) is 6.27. The van der Waals surface area contributed by atoms with Crippen molar-refractivity contribution in [2.75, 3.05) is 5.43 Å². The quantitative estimate of drug-likeness (QED) is 0.572. The van der Waals surface area contributed by atoms with Gasteiger partial charge in [0.05, 0.1) is 6.21 Å². The highest BCUT2D eigenvalue weighted by molar-refractivity contribution is 9.10. The van der Waals surface area contributed by atoms with Gasteiger partial charge in [0.25, 0.3) is 0 Å². The molecule has 2 aromatic rings. The second-order valence-corrected chi connectivity index (χ2v) is 6.58. The number of phenolic OH excluding ortho intramolecular Hbond substituents is 1. The van der Waals surface area contributed by atoms with Crippen LogP contribution in [-0.4, -0.2) is 26.5 Å². The Balaban J connectivity index is 2.28. The summed E-state index contributed by atoms with van der Waals surface area (Å²) in [7, 11) is 0. The van der Waals surface area contributed by atoms with Crippen molar-refractivity contribution in [3.05, 3.63) is 44.4 Å². The van der Waals surface area contributed by atoms with Gasteiger partial charge in [-0.15, -0.1) is 0 Å². The number of nitrogens with one attached hydrogen (secondary N) is 2. The molecule has 0 saturated heterocycles. The summed E-state index contributed by atoms with van der Waals surface area (Å²) >= 11 is 3.32. The minimum Gasteiger partial charge on any atom is -0.507 e. The van der Waals surface area contributed by atoms with Crippen molar-refractivity contribution >= 4 is 28.0 Å². The van der Waals surface area contributed by atoms with Crippen molar-refractivity contribution in [2.24, 2.45) is 5.10 Å². The molecule has 0 aliphatic carbocycles. The first-order valence-electron chi connectivity index (χ1n) is 6.52. The summed E-state index contributed by atoms with van der Waals surface area (Å²) in [5.41, 5.74) is 2.94. The number of hydrogen-bond donors (Lipinski definition) is 3. The van der Waals surface area contributed by atoms with Crippen LogP contribution in [0.5, 0.6) is 5.75 Å². The Morgan fingerprint density at radius 3 is 2.82 bits per heavy atom. The van der Waals surface area contributed by atoms with Gasteiger partial charge in [0.15, 0.2) is 5.82 Å². The molecule has 0 amide bonds. The van der Waals surface area contributed by atoms with E-state index in [1.54, 1.807) is 18.2 Å². The highest BCUT2D eigenvalue weighted by Gasteiger charge is 2.21. The van der Waals surface area contributed by atoms with Crippen LogP contribution in [0.15, 0.2) is 32.6 Å². The molecule has 8 heteroatoms. The maximum atomic E-state index is 11.3. The van der Waals surface area contributed by atoms with Crippen LogP contribution in [0.3, 0.4) is 0 Å². The van der Waals surface area contributed by atoms with Crippen LogP contribution in [0, 0.1) is 0 Å². The summed E-state index contributed by atoms with van der Waals surface area (Å²) in [6.07, 6.45) is 1.44. The highest BCUT2D eigenvalue weighted by atomic mass is 79.9. The van der Waals surface area contributed by atoms with E-state index in [0.717, 1.165) is 4.47 Å². The highest BCUT2D eigenvalue weighted by Crippen LogP contribution is 2.24. The number of phenols is 1. The van der Waals surface area contributed by atoms with Crippen LogP contribution in [0.1, 0.15) is 32.0 Å². The third-order valence-corrected chi connectivity index (χ3v) is 3.27. The van der Waals surface area contributed by atoms with Crippen LogP contribution in [0.4, 0.5) is 5.82 Å². The molecule has 0 unspecified atom stereocenters. The zero-order chi connectivity index (χ0) is 16.3. The van der Waals surface area contributed by atoms with E-state index < -0.39 is 5.69 Å². The number of H-pyrrole nitrogens is 1. The largest absolute Gasteiger partial charge is 0.507 e. The van der Waals surface area contributed by atoms with Crippen LogP contribution in [0.25, 0.3) is 0 Å². The van der Waals surface area contributed by atoms with Crippen molar-refractivity contribution in [3.8, 4) is 5.75 Å². The Labute approximate surface area is 135 Å². The van der Waals surface area contributed by atoms with E-state index in [2.05, 4.69) is 41.6 Å². The molecular formula is C14H16BrN5O2. The number of nitrogens with zero attached hydrogens (tertiary/aromatic N) is 3. The lowest BCUT2D eigenvalue weighted by molar-refractivity contribution is 0.474. The third kappa shape index (κ3) is 3.91. The molecule has 116 valence electrons. The average Bonchev–Trinajstić information content (AvgIpc) is 2.41. The SMILES string of the molecule is CC(C)(C)c1n[nH]c(=O)nc1N/N=C/c1cc(Br)ccc1O. The number of aromatic amines is 1. The van der Waals surface area contributed by atoms with E-state index in [9.17, 15) is 9.90 Å². The Morgan fingerprint density at radius 2 is 2.14 bits per heavy atom. The van der Waals surface area contributed by atoms with Gasteiger partial charge in [-0.25, -0.2) is 9.89 Å². The van der Waals surface area contributed by atoms with E-state index in [-0.39, 0.29) is 17.0 Å². The number of halogens is 1. The van der Waals surface area contributed by atoms with Crippen molar-refractivity contribution in [1.82, 2.24) is 15.2 Å². The molecule has 1 aromatic heterocycles. The predicted octanol–water partition coefficient (Wildman–Crippen LogP) is 2.38. The fourth-order valence-electron chi connectivity index (χ4n) is 1.73. The van der Waals surface area contributed by atoms with Gasteiger partial charge in [0.1, 0.15) is 11.4 Å². The van der Waals surface area contributed by atoms with Crippen LogP contribution >= 0.6 is 15.9 Å². The summed E-state index contributed by atoms with van der Waals surface area (Å²) in [6, 6.07) is 4.99. The molecule has 22 heavy (non-hydrogen) atoms. The van der Waals surface area contributed by atoms with Crippen molar-refractivity contribution < 1.29 is 5.11 Å². The third-order valence-electron chi connectivity index (χ3n) is 2.78. The summed E-state index contributed by atoms with van der Waals surface area (Å²) in [5.74, 6) is 0.378.